The number of aliphatic hydroxyl groups excluding tert-OH is 1. The summed E-state index contributed by atoms with van der Waals surface area (Å²) in [5.41, 5.74) is 0. The molecule has 0 aliphatic heterocycles. The highest BCUT2D eigenvalue weighted by Gasteiger charge is 2.16. The van der Waals surface area contributed by atoms with Gasteiger partial charge in [-0.3, -0.25) is 9.59 Å². The van der Waals surface area contributed by atoms with Crippen molar-refractivity contribution in [1.82, 2.24) is 0 Å². The van der Waals surface area contributed by atoms with Crippen LogP contribution in [0.15, 0.2) is 24.3 Å². The normalized spacial score (nSPS) is 12.4. The van der Waals surface area contributed by atoms with Crippen molar-refractivity contribution in [3.63, 3.8) is 0 Å². The Kier molecular flexibility index (Phi) is 28.7. The number of rotatable bonds is 28. The zero-order chi connectivity index (χ0) is 27.9. The molecule has 1 N–H and O–H groups in total. The second kappa shape index (κ2) is 29.9. The number of allylic oxidation sites excluding steroid dienone is 4. The summed E-state index contributed by atoms with van der Waals surface area (Å²) >= 11 is 0. The van der Waals surface area contributed by atoms with Gasteiger partial charge in [-0.25, -0.2) is 0 Å². The molecular formula is C33H60O5. The Morgan fingerprint density at radius 2 is 1.05 bits per heavy atom. The van der Waals surface area contributed by atoms with Gasteiger partial charge >= 0.3 is 11.9 Å². The Hall–Kier alpha value is -1.62. The maximum absolute atomic E-state index is 12.1. The smallest absolute Gasteiger partial charge is 0.306 e. The van der Waals surface area contributed by atoms with Gasteiger partial charge in [0.25, 0.3) is 0 Å². The molecule has 0 aliphatic carbocycles. The summed E-state index contributed by atoms with van der Waals surface area (Å²) in [7, 11) is 0. The molecule has 0 heterocycles. The third-order valence-corrected chi connectivity index (χ3v) is 6.75. The van der Waals surface area contributed by atoms with Crippen LogP contribution in [0, 0.1) is 0 Å². The molecule has 222 valence electrons. The van der Waals surface area contributed by atoms with Gasteiger partial charge in [0.15, 0.2) is 6.10 Å². The van der Waals surface area contributed by atoms with Crippen molar-refractivity contribution in [2.45, 2.75) is 161 Å². The Morgan fingerprint density at radius 3 is 1.61 bits per heavy atom. The number of carbonyl (C=O) groups is 2. The van der Waals surface area contributed by atoms with Gasteiger partial charge in [-0.15, -0.1) is 0 Å². The first-order valence-electron chi connectivity index (χ1n) is 15.9. The minimum absolute atomic E-state index is 0.0688. The topological polar surface area (TPSA) is 72.8 Å². The van der Waals surface area contributed by atoms with E-state index in [1.165, 1.54) is 77.0 Å². The van der Waals surface area contributed by atoms with Crippen LogP contribution in [0.2, 0.25) is 0 Å². The Balaban J connectivity index is 3.62. The van der Waals surface area contributed by atoms with E-state index in [1.807, 2.05) is 0 Å². The predicted molar refractivity (Wildman–Crippen MR) is 159 cm³/mol. The van der Waals surface area contributed by atoms with Crippen molar-refractivity contribution < 1.29 is 24.2 Å². The van der Waals surface area contributed by atoms with E-state index in [4.69, 9.17) is 9.47 Å². The summed E-state index contributed by atoms with van der Waals surface area (Å²) in [6.07, 6.45) is 32.3. The highest BCUT2D eigenvalue weighted by molar-refractivity contribution is 5.70. The molecule has 0 spiro atoms. The second-order valence-electron chi connectivity index (χ2n) is 10.5. The van der Waals surface area contributed by atoms with Crippen LogP contribution in [-0.4, -0.2) is 36.4 Å². The number of aliphatic hydroxyl groups is 1. The van der Waals surface area contributed by atoms with Gasteiger partial charge in [0.2, 0.25) is 0 Å². The van der Waals surface area contributed by atoms with E-state index in [9.17, 15) is 14.7 Å². The van der Waals surface area contributed by atoms with Gasteiger partial charge in [-0.1, -0.05) is 122 Å². The van der Waals surface area contributed by atoms with E-state index >= 15 is 0 Å². The summed E-state index contributed by atoms with van der Waals surface area (Å²) in [6.45, 7) is 4.06. The number of carbonyl (C=O) groups excluding carboxylic acids is 2. The molecule has 0 aliphatic rings. The van der Waals surface area contributed by atoms with Crippen LogP contribution in [0.3, 0.4) is 0 Å². The van der Waals surface area contributed by atoms with Crippen molar-refractivity contribution in [3.8, 4) is 0 Å². The lowest BCUT2D eigenvalue weighted by atomic mass is 10.1. The highest BCUT2D eigenvalue weighted by Crippen LogP contribution is 2.12. The van der Waals surface area contributed by atoms with Crippen molar-refractivity contribution in [2.24, 2.45) is 0 Å². The molecule has 0 rings (SSSR count). The van der Waals surface area contributed by atoms with Gasteiger partial charge < -0.3 is 14.6 Å². The minimum Gasteiger partial charge on any atom is -0.462 e. The number of esters is 2. The number of ether oxygens (including phenoxy) is 2. The van der Waals surface area contributed by atoms with Gasteiger partial charge in [0, 0.05) is 12.8 Å². The Labute approximate surface area is 234 Å². The third-order valence-electron chi connectivity index (χ3n) is 6.75. The van der Waals surface area contributed by atoms with Crippen molar-refractivity contribution in [1.29, 1.82) is 0 Å². The number of hydrogen-bond acceptors (Lipinski definition) is 5. The first-order valence-corrected chi connectivity index (χ1v) is 15.9. The molecule has 0 fully saturated rings. The largest absolute Gasteiger partial charge is 0.462 e. The third kappa shape index (κ3) is 27.4. The zero-order valence-electron chi connectivity index (χ0n) is 24.9. The van der Waals surface area contributed by atoms with E-state index < -0.39 is 6.10 Å². The van der Waals surface area contributed by atoms with E-state index in [-0.39, 0.29) is 25.2 Å². The number of hydrogen-bond donors (Lipinski definition) is 1. The van der Waals surface area contributed by atoms with Crippen LogP contribution in [0.1, 0.15) is 155 Å². The van der Waals surface area contributed by atoms with Crippen LogP contribution < -0.4 is 0 Å². The van der Waals surface area contributed by atoms with E-state index in [1.54, 1.807) is 0 Å². The van der Waals surface area contributed by atoms with Crippen molar-refractivity contribution in [2.75, 3.05) is 13.2 Å². The average Bonchev–Trinajstić information content (AvgIpc) is 2.92. The van der Waals surface area contributed by atoms with Crippen LogP contribution in [0.4, 0.5) is 0 Å². The SMILES string of the molecule is CCCCC/C=C\C/C=C\CCCCCCCC(=O)OC(CO)COC(=O)CCCCCCCCCCC. The first-order chi connectivity index (χ1) is 18.6. The molecule has 0 bridgehead atoms. The molecule has 0 aromatic carbocycles. The number of unbranched alkanes of at least 4 members (excludes halogenated alkanes) is 16. The van der Waals surface area contributed by atoms with Crippen LogP contribution in [-0.2, 0) is 19.1 Å². The van der Waals surface area contributed by atoms with Crippen molar-refractivity contribution >= 4 is 11.9 Å². The van der Waals surface area contributed by atoms with Crippen LogP contribution in [0.5, 0.6) is 0 Å². The van der Waals surface area contributed by atoms with Gasteiger partial charge in [0.05, 0.1) is 6.61 Å². The lowest BCUT2D eigenvalue weighted by molar-refractivity contribution is -0.161. The fourth-order valence-corrected chi connectivity index (χ4v) is 4.29. The fourth-order valence-electron chi connectivity index (χ4n) is 4.29. The van der Waals surface area contributed by atoms with E-state index in [2.05, 4.69) is 38.2 Å². The maximum atomic E-state index is 12.1. The predicted octanol–water partition coefficient (Wildman–Crippen LogP) is 9.17. The standard InChI is InChI=1S/C33H60O5/c1-3-5-7-9-11-13-14-15-16-17-18-20-22-24-26-28-33(36)38-31(29-34)30-37-32(35)27-25-23-21-19-12-10-8-6-4-2/h11,13,15-16,31,34H,3-10,12,14,17-30H2,1-2H3/b13-11-,16-15-. The molecule has 0 aromatic heterocycles. The summed E-state index contributed by atoms with van der Waals surface area (Å²) in [4.78, 5) is 24.0. The first kappa shape index (κ1) is 36.4. The second-order valence-corrected chi connectivity index (χ2v) is 10.5. The average molecular weight is 537 g/mol. The van der Waals surface area contributed by atoms with E-state index in [0.29, 0.717) is 12.8 Å². The molecule has 1 unspecified atom stereocenters. The summed E-state index contributed by atoms with van der Waals surface area (Å²) in [6, 6.07) is 0. The zero-order valence-corrected chi connectivity index (χ0v) is 24.9. The molecule has 5 nitrogen and oxygen atoms in total. The van der Waals surface area contributed by atoms with Gasteiger partial charge in [-0.2, -0.15) is 0 Å². The fraction of sp³-hybridized carbons (Fsp3) is 0.818. The van der Waals surface area contributed by atoms with Crippen molar-refractivity contribution in [3.05, 3.63) is 24.3 Å². The molecule has 5 heteroatoms. The summed E-state index contributed by atoms with van der Waals surface area (Å²) < 4.78 is 10.5. The lowest BCUT2D eigenvalue weighted by Crippen LogP contribution is -2.28. The van der Waals surface area contributed by atoms with Crippen LogP contribution >= 0.6 is 0 Å². The Bertz CT molecular complexity index is 584. The quantitative estimate of drug-likeness (QED) is 0.0613. The summed E-state index contributed by atoms with van der Waals surface area (Å²) in [5.74, 6) is -0.610. The van der Waals surface area contributed by atoms with Gasteiger partial charge in [-0.05, 0) is 44.9 Å². The molecule has 1 atom stereocenters. The minimum atomic E-state index is -0.771. The van der Waals surface area contributed by atoms with Crippen LogP contribution in [0.25, 0.3) is 0 Å². The lowest BCUT2D eigenvalue weighted by Gasteiger charge is -2.15. The summed E-state index contributed by atoms with van der Waals surface area (Å²) in [5, 5.41) is 9.46. The maximum Gasteiger partial charge on any atom is 0.306 e. The Morgan fingerprint density at radius 1 is 0.605 bits per heavy atom. The van der Waals surface area contributed by atoms with E-state index in [0.717, 1.165) is 51.4 Å². The molecular weight excluding hydrogens is 476 g/mol. The molecule has 0 aromatic rings. The molecule has 0 amide bonds. The monoisotopic (exact) mass is 536 g/mol. The van der Waals surface area contributed by atoms with Gasteiger partial charge in [0.1, 0.15) is 6.61 Å². The highest BCUT2D eigenvalue weighted by atomic mass is 16.6. The molecule has 0 saturated heterocycles. The molecule has 38 heavy (non-hydrogen) atoms. The molecule has 0 saturated carbocycles. The molecule has 0 radical (unpaired) electrons.